The maximum atomic E-state index is 13.6. The van der Waals surface area contributed by atoms with Gasteiger partial charge in [-0.3, -0.25) is 9.69 Å². The molecule has 0 radical (unpaired) electrons. The lowest BCUT2D eigenvalue weighted by atomic mass is 10.2. The van der Waals surface area contributed by atoms with Gasteiger partial charge in [-0.2, -0.15) is 0 Å². The molecular weight excluding hydrogens is 425 g/mol. The van der Waals surface area contributed by atoms with Crippen LogP contribution < -0.4 is 9.64 Å². The van der Waals surface area contributed by atoms with Crippen molar-refractivity contribution in [1.82, 2.24) is 9.88 Å². The summed E-state index contributed by atoms with van der Waals surface area (Å²) in [6.45, 7) is 5.30. The van der Waals surface area contributed by atoms with Crippen molar-refractivity contribution >= 4 is 45.0 Å². The van der Waals surface area contributed by atoms with E-state index in [2.05, 4.69) is 9.88 Å². The predicted octanol–water partition coefficient (Wildman–Crippen LogP) is 5.24. The molecule has 5 nitrogen and oxygen atoms in total. The Labute approximate surface area is 186 Å². The van der Waals surface area contributed by atoms with Crippen molar-refractivity contribution in [1.29, 1.82) is 0 Å². The maximum Gasteiger partial charge on any atom is 0.260 e. The van der Waals surface area contributed by atoms with Gasteiger partial charge in [-0.05, 0) is 83.4 Å². The third-order valence-corrected chi connectivity index (χ3v) is 5.32. The Morgan fingerprint density at radius 2 is 1.83 bits per heavy atom. The normalized spacial score (nSPS) is 11.0. The van der Waals surface area contributed by atoms with Gasteiger partial charge in [-0.25, -0.2) is 9.37 Å². The minimum atomic E-state index is -0.307. The smallest absolute Gasteiger partial charge is 0.260 e. The third kappa shape index (κ3) is 6.14. The molecule has 8 heteroatoms. The largest absolute Gasteiger partial charge is 0.491 e. The van der Waals surface area contributed by atoms with Gasteiger partial charge in [0.25, 0.3) is 5.91 Å². The number of rotatable bonds is 8. The van der Waals surface area contributed by atoms with E-state index in [0.29, 0.717) is 22.8 Å². The van der Waals surface area contributed by atoms with Gasteiger partial charge >= 0.3 is 0 Å². The van der Waals surface area contributed by atoms with Crippen LogP contribution >= 0.6 is 23.7 Å². The number of anilines is 1. The molecule has 0 N–H and O–H groups in total. The number of aromatic nitrogens is 1. The number of nitrogens with zero attached hydrogens (tertiary/aromatic N) is 3. The Morgan fingerprint density at radius 3 is 2.47 bits per heavy atom. The van der Waals surface area contributed by atoms with Crippen LogP contribution in [0.2, 0.25) is 0 Å². The molecule has 0 aliphatic carbocycles. The summed E-state index contributed by atoms with van der Waals surface area (Å²) < 4.78 is 20.0. The highest BCUT2D eigenvalue weighted by molar-refractivity contribution is 7.22. The van der Waals surface area contributed by atoms with Crippen LogP contribution in [0.25, 0.3) is 10.2 Å². The van der Waals surface area contributed by atoms with Crippen molar-refractivity contribution in [3.63, 3.8) is 0 Å². The Kier molecular flexibility index (Phi) is 8.58. The molecule has 0 spiro atoms. The highest BCUT2D eigenvalue weighted by Gasteiger charge is 2.21. The molecule has 2 aromatic carbocycles. The number of thiazole rings is 1. The number of hydrogen-bond donors (Lipinski definition) is 0. The Hall–Kier alpha value is -2.22. The summed E-state index contributed by atoms with van der Waals surface area (Å²) in [5.74, 6) is 0.296. The van der Waals surface area contributed by atoms with Crippen molar-refractivity contribution in [2.45, 2.75) is 26.4 Å². The molecule has 3 aromatic rings. The van der Waals surface area contributed by atoms with E-state index in [1.165, 1.54) is 23.5 Å². The fourth-order valence-electron chi connectivity index (χ4n) is 2.93. The lowest BCUT2D eigenvalue weighted by molar-refractivity contribution is 0.0986. The number of amides is 1. The van der Waals surface area contributed by atoms with Gasteiger partial charge in [-0.1, -0.05) is 11.3 Å². The lowest BCUT2D eigenvalue weighted by Crippen LogP contribution is -2.33. The number of benzene rings is 2. The standard InChI is InChI=1S/C22H26FN3O2S.ClH/c1-15(2)28-18-9-6-16(7-10-18)21(27)26(13-5-12-25(3)4)22-24-19-11-8-17(23)14-20(19)29-22;/h6-11,14-15H,5,12-13H2,1-4H3;1H. The van der Waals surface area contributed by atoms with Gasteiger partial charge in [0.2, 0.25) is 0 Å². The van der Waals surface area contributed by atoms with Crippen LogP contribution in [-0.2, 0) is 0 Å². The molecule has 0 atom stereocenters. The minimum absolute atomic E-state index is 0. The third-order valence-electron chi connectivity index (χ3n) is 4.28. The second-order valence-electron chi connectivity index (χ2n) is 7.41. The van der Waals surface area contributed by atoms with Crippen LogP contribution in [0.5, 0.6) is 5.75 Å². The Morgan fingerprint density at radius 1 is 1.13 bits per heavy atom. The fraction of sp³-hybridized carbons (Fsp3) is 0.364. The number of carbonyl (C=O) groups excluding carboxylic acids is 1. The van der Waals surface area contributed by atoms with E-state index in [-0.39, 0.29) is 30.2 Å². The van der Waals surface area contributed by atoms with Gasteiger partial charge in [0.15, 0.2) is 5.13 Å². The van der Waals surface area contributed by atoms with E-state index in [1.807, 2.05) is 27.9 Å². The monoisotopic (exact) mass is 451 g/mol. The van der Waals surface area contributed by atoms with Crippen LogP contribution in [0.4, 0.5) is 9.52 Å². The van der Waals surface area contributed by atoms with Gasteiger partial charge in [0, 0.05) is 12.1 Å². The van der Waals surface area contributed by atoms with Gasteiger partial charge in [0.1, 0.15) is 11.6 Å². The van der Waals surface area contributed by atoms with Crippen molar-refractivity contribution in [2.24, 2.45) is 0 Å². The summed E-state index contributed by atoms with van der Waals surface area (Å²) in [5.41, 5.74) is 1.26. The number of hydrogen-bond acceptors (Lipinski definition) is 5. The van der Waals surface area contributed by atoms with E-state index < -0.39 is 0 Å². The first-order chi connectivity index (χ1) is 13.8. The fourth-order valence-corrected chi connectivity index (χ4v) is 3.95. The quantitative estimate of drug-likeness (QED) is 0.469. The molecule has 0 saturated heterocycles. The highest BCUT2D eigenvalue weighted by atomic mass is 35.5. The first kappa shape index (κ1) is 24.1. The average molecular weight is 452 g/mol. The van der Waals surface area contributed by atoms with Crippen LogP contribution in [0.15, 0.2) is 42.5 Å². The van der Waals surface area contributed by atoms with Crippen LogP contribution in [0.3, 0.4) is 0 Å². The summed E-state index contributed by atoms with van der Waals surface area (Å²) in [6, 6.07) is 11.6. The van der Waals surface area contributed by atoms with Gasteiger partial charge in [-0.15, -0.1) is 12.4 Å². The number of halogens is 2. The second kappa shape index (κ2) is 10.7. The summed E-state index contributed by atoms with van der Waals surface area (Å²) in [4.78, 5) is 21.6. The van der Waals surface area contributed by atoms with Crippen molar-refractivity contribution in [3.05, 3.63) is 53.8 Å². The molecule has 0 saturated carbocycles. The van der Waals surface area contributed by atoms with E-state index >= 15 is 0 Å². The molecule has 3 rings (SSSR count). The van der Waals surface area contributed by atoms with E-state index in [0.717, 1.165) is 23.4 Å². The van der Waals surface area contributed by atoms with Crippen molar-refractivity contribution in [2.75, 3.05) is 32.1 Å². The van der Waals surface area contributed by atoms with E-state index in [9.17, 15) is 9.18 Å². The molecule has 1 aromatic heterocycles. The Balaban J connectivity index is 0.00000320. The second-order valence-corrected chi connectivity index (χ2v) is 8.42. The summed E-state index contributed by atoms with van der Waals surface area (Å²) in [5, 5.41) is 0.580. The minimum Gasteiger partial charge on any atom is -0.491 e. The number of fused-ring (bicyclic) bond motifs is 1. The molecule has 0 fully saturated rings. The molecule has 162 valence electrons. The summed E-state index contributed by atoms with van der Waals surface area (Å²) in [7, 11) is 4.00. The maximum absolute atomic E-state index is 13.6. The molecule has 1 heterocycles. The van der Waals surface area contributed by atoms with E-state index in [4.69, 9.17) is 4.74 Å². The first-order valence-corrected chi connectivity index (χ1v) is 10.4. The van der Waals surface area contributed by atoms with Gasteiger partial charge < -0.3 is 9.64 Å². The average Bonchev–Trinajstić information content (AvgIpc) is 3.07. The summed E-state index contributed by atoms with van der Waals surface area (Å²) in [6.07, 6.45) is 0.875. The van der Waals surface area contributed by atoms with Crippen LogP contribution in [0.1, 0.15) is 30.6 Å². The first-order valence-electron chi connectivity index (χ1n) is 9.63. The topological polar surface area (TPSA) is 45.7 Å². The molecule has 30 heavy (non-hydrogen) atoms. The van der Waals surface area contributed by atoms with Gasteiger partial charge in [0.05, 0.1) is 16.3 Å². The number of carbonyl (C=O) groups is 1. The van der Waals surface area contributed by atoms with Crippen LogP contribution in [-0.4, -0.2) is 49.1 Å². The molecule has 0 aliphatic rings. The molecule has 0 bridgehead atoms. The molecule has 0 unspecified atom stereocenters. The lowest BCUT2D eigenvalue weighted by Gasteiger charge is -2.21. The number of ether oxygens (including phenoxy) is 1. The zero-order valence-corrected chi connectivity index (χ0v) is 19.2. The molecule has 1 amide bonds. The zero-order chi connectivity index (χ0) is 21.0. The van der Waals surface area contributed by atoms with Crippen molar-refractivity contribution < 1.29 is 13.9 Å². The highest BCUT2D eigenvalue weighted by Crippen LogP contribution is 2.30. The Bertz CT molecular complexity index is 976. The summed E-state index contributed by atoms with van der Waals surface area (Å²) >= 11 is 1.33. The van der Waals surface area contributed by atoms with Crippen molar-refractivity contribution in [3.8, 4) is 5.75 Å². The van der Waals surface area contributed by atoms with E-state index in [1.54, 1.807) is 35.2 Å². The molecular formula is C22H27ClFN3O2S. The molecule has 0 aliphatic heterocycles. The zero-order valence-electron chi connectivity index (χ0n) is 17.6. The SMILES string of the molecule is CC(C)Oc1ccc(C(=O)N(CCCN(C)C)c2nc3ccc(F)cc3s2)cc1.Cl. The predicted molar refractivity (Wildman–Crippen MR) is 124 cm³/mol. The van der Waals surface area contributed by atoms with Crippen LogP contribution in [0, 0.1) is 5.82 Å².